The lowest BCUT2D eigenvalue weighted by molar-refractivity contribution is -0.146. The number of ether oxygens (including phenoxy) is 3. The highest BCUT2D eigenvalue weighted by Crippen LogP contribution is 2.36. The zero-order valence-corrected chi connectivity index (χ0v) is 24.5. The minimum absolute atomic E-state index is 0.0149. The molecule has 0 heterocycles. The summed E-state index contributed by atoms with van der Waals surface area (Å²) < 4.78 is 16.7. The van der Waals surface area contributed by atoms with Crippen molar-refractivity contribution < 1.29 is 38.5 Å². The number of aliphatic carboxylic acids is 1. The van der Waals surface area contributed by atoms with E-state index in [0.717, 1.165) is 19.3 Å². The number of nitrogens with two attached hydrogens (primary N) is 1. The molecule has 6 atom stereocenters. The van der Waals surface area contributed by atoms with Crippen LogP contribution < -0.4 is 15.2 Å². The number of hydrogen-bond donors (Lipinski definition) is 2. The molecule has 0 saturated carbocycles. The number of benzene rings is 1. The number of esters is 3. The lowest BCUT2D eigenvalue weighted by atomic mass is 9.82. The Morgan fingerprint density at radius 3 is 1.90 bits per heavy atom. The molecule has 0 spiro atoms. The number of carboxylic acids is 1. The van der Waals surface area contributed by atoms with Gasteiger partial charge in [0.15, 0.2) is 11.5 Å². The van der Waals surface area contributed by atoms with Crippen molar-refractivity contribution >= 4 is 23.9 Å². The zero-order valence-electron chi connectivity index (χ0n) is 24.5. The van der Waals surface area contributed by atoms with E-state index in [2.05, 4.69) is 0 Å². The molecule has 9 nitrogen and oxygen atoms in total. The lowest BCUT2D eigenvalue weighted by Crippen LogP contribution is -2.40. The average molecular weight is 550 g/mol. The smallest absolute Gasteiger partial charge is 0.321 e. The van der Waals surface area contributed by atoms with E-state index in [1.807, 2.05) is 27.7 Å². The van der Waals surface area contributed by atoms with Crippen LogP contribution >= 0.6 is 0 Å². The molecule has 0 radical (unpaired) electrons. The second-order valence-corrected chi connectivity index (χ2v) is 10.7. The van der Waals surface area contributed by atoms with Gasteiger partial charge in [-0.05, 0) is 42.4 Å². The summed E-state index contributed by atoms with van der Waals surface area (Å²) in [7, 11) is 0. The monoisotopic (exact) mass is 549 g/mol. The van der Waals surface area contributed by atoms with E-state index in [-0.39, 0.29) is 48.2 Å². The Morgan fingerprint density at radius 2 is 1.41 bits per heavy atom. The van der Waals surface area contributed by atoms with Gasteiger partial charge in [0.1, 0.15) is 6.04 Å². The third kappa shape index (κ3) is 11.0. The Balaban J connectivity index is 3.38. The predicted octanol–water partition coefficient (Wildman–Crippen LogP) is 5.48. The van der Waals surface area contributed by atoms with Crippen LogP contribution in [0.15, 0.2) is 18.2 Å². The van der Waals surface area contributed by atoms with E-state index in [1.54, 1.807) is 26.8 Å². The fourth-order valence-electron chi connectivity index (χ4n) is 4.27. The molecule has 9 heteroatoms. The fourth-order valence-corrected chi connectivity index (χ4v) is 4.27. The van der Waals surface area contributed by atoms with Crippen molar-refractivity contribution in [2.75, 3.05) is 6.61 Å². The van der Waals surface area contributed by atoms with Gasteiger partial charge in [-0.1, -0.05) is 73.8 Å². The molecule has 0 fully saturated rings. The van der Waals surface area contributed by atoms with Crippen LogP contribution in [0.2, 0.25) is 0 Å². The highest BCUT2D eigenvalue weighted by molar-refractivity contribution is 5.79. The molecule has 1 aromatic carbocycles. The number of rotatable bonds is 17. The maximum atomic E-state index is 12.8. The lowest BCUT2D eigenvalue weighted by Gasteiger charge is -2.28. The molecule has 0 bridgehead atoms. The predicted molar refractivity (Wildman–Crippen MR) is 148 cm³/mol. The number of hydrogen-bond acceptors (Lipinski definition) is 8. The van der Waals surface area contributed by atoms with Gasteiger partial charge in [0.05, 0.1) is 18.4 Å². The molecule has 0 saturated heterocycles. The maximum Gasteiger partial charge on any atom is 0.321 e. The van der Waals surface area contributed by atoms with Crippen LogP contribution in [-0.2, 0) is 23.9 Å². The van der Waals surface area contributed by atoms with Crippen molar-refractivity contribution in [1.29, 1.82) is 0 Å². The Morgan fingerprint density at radius 1 is 0.872 bits per heavy atom. The van der Waals surface area contributed by atoms with Gasteiger partial charge in [0.2, 0.25) is 0 Å². The first-order valence-electron chi connectivity index (χ1n) is 14.1. The van der Waals surface area contributed by atoms with Crippen LogP contribution in [0.4, 0.5) is 0 Å². The summed E-state index contributed by atoms with van der Waals surface area (Å²) in [6.07, 6.45) is 3.96. The molecule has 0 aliphatic carbocycles. The number of carboxylic acid groups (broad SMARTS) is 1. The Kier molecular flexibility index (Phi) is 14.8. The minimum Gasteiger partial charge on any atom is -0.480 e. The van der Waals surface area contributed by atoms with Crippen molar-refractivity contribution in [1.82, 2.24) is 0 Å². The Hall–Kier alpha value is -2.94. The normalized spacial score (nSPS) is 15.8. The number of carbonyl (C=O) groups is 4. The van der Waals surface area contributed by atoms with Gasteiger partial charge >= 0.3 is 23.9 Å². The van der Waals surface area contributed by atoms with E-state index in [0.29, 0.717) is 18.4 Å². The van der Waals surface area contributed by atoms with E-state index in [4.69, 9.17) is 19.9 Å². The largest absolute Gasteiger partial charge is 0.480 e. The summed E-state index contributed by atoms with van der Waals surface area (Å²) in [5.41, 5.74) is 6.56. The zero-order chi connectivity index (χ0) is 29.7. The third-order valence-corrected chi connectivity index (χ3v) is 7.03. The van der Waals surface area contributed by atoms with Crippen molar-refractivity contribution in [2.24, 2.45) is 29.4 Å². The van der Waals surface area contributed by atoms with Crippen LogP contribution in [0.5, 0.6) is 11.5 Å². The molecular weight excluding hydrogens is 502 g/mol. The first-order valence-corrected chi connectivity index (χ1v) is 14.1. The van der Waals surface area contributed by atoms with Crippen molar-refractivity contribution in [2.45, 2.75) is 99.0 Å². The van der Waals surface area contributed by atoms with E-state index >= 15 is 0 Å². The molecular formula is C30H47NO8. The molecule has 3 N–H and O–H groups in total. The van der Waals surface area contributed by atoms with Crippen LogP contribution in [0.3, 0.4) is 0 Å². The first kappa shape index (κ1) is 34.1. The molecule has 5 unspecified atom stereocenters. The summed E-state index contributed by atoms with van der Waals surface area (Å²) in [6, 6.07) is 3.26. The molecule has 0 amide bonds. The van der Waals surface area contributed by atoms with Crippen LogP contribution in [0.25, 0.3) is 0 Å². The van der Waals surface area contributed by atoms with Gasteiger partial charge in [-0.3, -0.25) is 19.2 Å². The van der Waals surface area contributed by atoms with Gasteiger partial charge in [0, 0.05) is 12.3 Å². The van der Waals surface area contributed by atoms with Crippen molar-refractivity contribution in [3.63, 3.8) is 0 Å². The van der Waals surface area contributed by atoms with Gasteiger partial charge < -0.3 is 25.1 Å². The van der Waals surface area contributed by atoms with Crippen LogP contribution in [0, 0.1) is 23.7 Å². The molecule has 0 aliphatic heterocycles. The molecule has 0 aromatic heterocycles. The van der Waals surface area contributed by atoms with E-state index in [1.165, 1.54) is 12.1 Å². The maximum absolute atomic E-state index is 12.8. The van der Waals surface area contributed by atoms with Gasteiger partial charge in [-0.2, -0.15) is 0 Å². The quantitative estimate of drug-likeness (QED) is 0.191. The summed E-state index contributed by atoms with van der Waals surface area (Å²) in [4.78, 5) is 49.6. The van der Waals surface area contributed by atoms with Crippen molar-refractivity contribution in [3.8, 4) is 11.5 Å². The summed E-state index contributed by atoms with van der Waals surface area (Å²) >= 11 is 0. The van der Waals surface area contributed by atoms with Crippen molar-refractivity contribution in [3.05, 3.63) is 23.8 Å². The molecule has 220 valence electrons. The van der Waals surface area contributed by atoms with Gasteiger partial charge in [0.25, 0.3) is 0 Å². The first-order chi connectivity index (χ1) is 18.4. The fraction of sp³-hybridized carbons (Fsp3) is 0.667. The average Bonchev–Trinajstić information content (AvgIpc) is 2.88. The molecule has 1 rings (SSSR count). The summed E-state index contributed by atoms with van der Waals surface area (Å²) in [5.74, 6) is -4.27. The Labute approximate surface area is 232 Å². The van der Waals surface area contributed by atoms with Gasteiger partial charge in [-0.25, -0.2) is 0 Å². The van der Waals surface area contributed by atoms with Crippen LogP contribution in [0.1, 0.15) is 98.5 Å². The number of carbonyl (C=O) groups excluding carboxylic acids is 3. The molecule has 39 heavy (non-hydrogen) atoms. The second kappa shape index (κ2) is 16.9. The Bertz CT molecular complexity index is 962. The summed E-state index contributed by atoms with van der Waals surface area (Å²) in [5, 5.41) is 9.74. The summed E-state index contributed by atoms with van der Waals surface area (Å²) in [6.45, 7) is 13.1. The molecule has 1 aromatic rings. The third-order valence-electron chi connectivity index (χ3n) is 7.03. The molecule has 0 aliphatic rings. The van der Waals surface area contributed by atoms with E-state index in [9.17, 15) is 24.3 Å². The minimum atomic E-state index is -1.33. The highest BCUT2D eigenvalue weighted by Gasteiger charge is 2.33. The van der Waals surface area contributed by atoms with E-state index < -0.39 is 35.8 Å². The van der Waals surface area contributed by atoms with Gasteiger partial charge in [-0.15, -0.1) is 0 Å². The SMILES string of the molecule is CCCC(C)C(=O)Oc1ccc(C(C(C)COC(=O)CC(C)CC)[C@H](N)C(=O)O)cc1OC(=O)C(C)CCC. The highest BCUT2D eigenvalue weighted by atomic mass is 16.6. The van der Waals surface area contributed by atoms with Crippen LogP contribution in [-0.4, -0.2) is 41.6 Å². The topological polar surface area (TPSA) is 142 Å². The second-order valence-electron chi connectivity index (χ2n) is 10.7. The standard InChI is InChI=1S/C30H47NO8/c1-8-11-19(5)29(35)38-23-14-13-22(16-24(23)39-30(36)20(6)12-9-2)26(27(31)28(33)34)21(7)17-37-25(32)15-18(4)10-3/h13-14,16,18-21,26-27H,8-12,15,17,31H2,1-7H3,(H,33,34)/t18?,19?,20?,21?,26?,27-/m0/s1.